The number of ether oxygens (including phenoxy) is 1. The van der Waals surface area contributed by atoms with Crippen LogP contribution in [0.5, 0.6) is 0 Å². The highest BCUT2D eigenvalue weighted by Gasteiger charge is 2.35. The Morgan fingerprint density at radius 3 is 2.48 bits per heavy atom. The van der Waals surface area contributed by atoms with Crippen LogP contribution in [-0.2, 0) is 14.3 Å². The molecule has 2 amide bonds. The number of hydrogen-bond donors (Lipinski definition) is 1. The SMILES string of the molecule is CCCCOC(=O)c1ccc(NC(=O)C2CC(=O)N(c3ccc(Cl)cc3)C2)cc1. The van der Waals surface area contributed by atoms with Gasteiger partial charge in [0.05, 0.1) is 18.1 Å². The van der Waals surface area contributed by atoms with E-state index in [0.717, 1.165) is 18.5 Å². The summed E-state index contributed by atoms with van der Waals surface area (Å²) in [5.41, 5.74) is 1.72. The molecule has 0 aromatic heterocycles. The Balaban J connectivity index is 1.57. The first-order chi connectivity index (χ1) is 14.0. The molecule has 2 aromatic rings. The zero-order valence-corrected chi connectivity index (χ0v) is 16.9. The van der Waals surface area contributed by atoms with Crippen LogP contribution in [0.4, 0.5) is 11.4 Å². The number of amides is 2. The molecule has 1 aliphatic heterocycles. The molecule has 0 saturated carbocycles. The number of nitrogens with zero attached hydrogens (tertiary/aromatic N) is 1. The number of nitrogens with one attached hydrogen (secondary N) is 1. The quantitative estimate of drug-likeness (QED) is 0.541. The molecule has 0 aliphatic carbocycles. The van der Waals surface area contributed by atoms with Gasteiger partial charge in [-0.25, -0.2) is 4.79 Å². The van der Waals surface area contributed by atoms with Crippen molar-refractivity contribution in [2.24, 2.45) is 5.92 Å². The number of carbonyl (C=O) groups excluding carboxylic acids is 3. The molecular weight excluding hydrogens is 392 g/mol. The monoisotopic (exact) mass is 414 g/mol. The smallest absolute Gasteiger partial charge is 0.338 e. The summed E-state index contributed by atoms with van der Waals surface area (Å²) in [6, 6.07) is 13.5. The van der Waals surface area contributed by atoms with Gasteiger partial charge in [-0.1, -0.05) is 24.9 Å². The first-order valence-corrected chi connectivity index (χ1v) is 9.99. The van der Waals surface area contributed by atoms with E-state index in [0.29, 0.717) is 29.4 Å². The van der Waals surface area contributed by atoms with Gasteiger partial charge in [0.15, 0.2) is 0 Å². The zero-order chi connectivity index (χ0) is 20.8. The van der Waals surface area contributed by atoms with Crippen LogP contribution < -0.4 is 10.2 Å². The Morgan fingerprint density at radius 2 is 1.83 bits per heavy atom. The van der Waals surface area contributed by atoms with Crippen molar-refractivity contribution in [3.05, 3.63) is 59.1 Å². The van der Waals surface area contributed by atoms with Gasteiger partial charge in [0.25, 0.3) is 0 Å². The number of halogens is 1. The number of anilines is 2. The summed E-state index contributed by atoms with van der Waals surface area (Å²) in [6.45, 7) is 2.74. The molecule has 152 valence electrons. The molecule has 0 radical (unpaired) electrons. The van der Waals surface area contributed by atoms with E-state index >= 15 is 0 Å². The van der Waals surface area contributed by atoms with Crippen molar-refractivity contribution in [1.82, 2.24) is 0 Å². The Bertz CT molecular complexity index is 881. The third-order valence-corrected chi connectivity index (χ3v) is 5.01. The lowest BCUT2D eigenvalue weighted by Crippen LogP contribution is -2.28. The van der Waals surface area contributed by atoms with Gasteiger partial charge in [-0.3, -0.25) is 9.59 Å². The van der Waals surface area contributed by atoms with Crippen LogP contribution in [0.3, 0.4) is 0 Å². The maximum Gasteiger partial charge on any atom is 0.338 e. The predicted octanol–water partition coefficient (Wildman–Crippen LogP) is 4.29. The molecule has 7 heteroatoms. The highest BCUT2D eigenvalue weighted by molar-refractivity contribution is 6.30. The van der Waals surface area contributed by atoms with Gasteiger partial charge in [-0.15, -0.1) is 0 Å². The molecule has 0 spiro atoms. The Hall–Kier alpha value is -2.86. The van der Waals surface area contributed by atoms with Crippen LogP contribution in [0, 0.1) is 5.92 Å². The van der Waals surface area contributed by atoms with E-state index in [-0.39, 0.29) is 24.2 Å². The molecule has 1 saturated heterocycles. The minimum atomic E-state index is -0.447. The molecule has 1 atom stereocenters. The van der Waals surface area contributed by atoms with Crippen LogP contribution in [0.15, 0.2) is 48.5 Å². The fourth-order valence-electron chi connectivity index (χ4n) is 3.08. The second-order valence-electron chi connectivity index (χ2n) is 6.94. The maximum atomic E-state index is 12.6. The van der Waals surface area contributed by atoms with E-state index in [4.69, 9.17) is 16.3 Å². The number of unbranched alkanes of at least 4 members (excludes halogenated alkanes) is 1. The molecular formula is C22H23ClN2O4. The largest absolute Gasteiger partial charge is 0.462 e. The molecule has 0 bridgehead atoms. The van der Waals surface area contributed by atoms with Crippen molar-refractivity contribution < 1.29 is 19.1 Å². The van der Waals surface area contributed by atoms with E-state index < -0.39 is 5.92 Å². The van der Waals surface area contributed by atoms with Crippen molar-refractivity contribution in [3.8, 4) is 0 Å². The molecule has 1 aliphatic rings. The maximum absolute atomic E-state index is 12.6. The van der Waals surface area contributed by atoms with Crippen molar-refractivity contribution in [1.29, 1.82) is 0 Å². The van der Waals surface area contributed by atoms with Crippen LogP contribution in [-0.4, -0.2) is 30.9 Å². The summed E-state index contributed by atoms with van der Waals surface area (Å²) in [5.74, 6) is -1.15. The topological polar surface area (TPSA) is 75.7 Å². The lowest BCUT2D eigenvalue weighted by molar-refractivity contribution is -0.122. The average Bonchev–Trinajstić information content (AvgIpc) is 3.11. The molecule has 6 nitrogen and oxygen atoms in total. The van der Waals surface area contributed by atoms with E-state index in [1.165, 1.54) is 0 Å². The molecule has 1 unspecified atom stereocenters. The molecule has 1 fully saturated rings. The zero-order valence-electron chi connectivity index (χ0n) is 16.2. The Kier molecular flexibility index (Phi) is 6.88. The third kappa shape index (κ3) is 5.35. The minimum Gasteiger partial charge on any atom is -0.462 e. The van der Waals surface area contributed by atoms with Gasteiger partial charge in [0.2, 0.25) is 11.8 Å². The van der Waals surface area contributed by atoms with E-state index in [1.807, 2.05) is 6.92 Å². The van der Waals surface area contributed by atoms with Crippen molar-refractivity contribution in [3.63, 3.8) is 0 Å². The van der Waals surface area contributed by atoms with Crippen LogP contribution in [0.2, 0.25) is 5.02 Å². The third-order valence-electron chi connectivity index (χ3n) is 4.75. The summed E-state index contributed by atoms with van der Waals surface area (Å²) >= 11 is 5.89. The number of benzene rings is 2. The van der Waals surface area contributed by atoms with Gasteiger partial charge in [0, 0.05) is 29.4 Å². The van der Waals surface area contributed by atoms with Crippen LogP contribution in [0.25, 0.3) is 0 Å². The standard InChI is InChI=1S/C22H23ClN2O4/c1-2-3-12-29-22(28)15-4-8-18(9-5-15)24-21(27)16-13-20(26)25(14-16)19-10-6-17(23)7-11-19/h4-11,16H,2-3,12-14H2,1H3,(H,24,27). The lowest BCUT2D eigenvalue weighted by atomic mass is 10.1. The van der Waals surface area contributed by atoms with Crippen LogP contribution >= 0.6 is 11.6 Å². The highest BCUT2D eigenvalue weighted by atomic mass is 35.5. The van der Waals surface area contributed by atoms with Gasteiger partial charge in [-0.05, 0) is 55.0 Å². The van der Waals surface area contributed by atoms with Crippen LogP contribution in [0.1, 0.15) is 36.5 Å². The van der Waals surface area contributed by atoms with Crippen molar-refractivity contribution in [2.45, 2.75) is 26.2 Å². The van der Waals surface area contributed by atoms with E-state index in [9.17, 15) is 14.4 Å². The molecule has 1 N–H and O–H groups in total. The first kappa shape index (κ1) is 20.9. The normalized spacial score (nSPS) is 16.0. The van der Waals surface area contributed by atoms with E-state index in [2.05, 4.69) is 5.32 Å². The number of rotatable bonds is 7. The second kappa shape index (κ2) is 9.56. The highest BCUT2D eigenvalue weighted by Crippen LogP contribution is 2.27. The van der Waals surface area contributed by atoms with Crippen molar-refractivity contribution in [2.75, 3.05) is 23.4 Å². The van der Waals surface area contributed by atoms with Gasteiger partial charge in [-0.2, -0.15) is 0 Å². The van der Waals surface area contributed by atoms with Gasteiger partial charge < -0.3 is 15.0 Å². The summed E-state index contributed by atoms with van der Waals surface area (Å²) in [6.07, 6.45) is 1.93. The van der Waals surface area contributed by atoms with Crippen molar-refractivity contribution >= 4 is 40.8 Å². The van der Waals surface area contributed by atoms with Gasteiger partial charge >= 0.3 is 5.97 Å². The lowest BCUT2D eigenvalue weighted by Gasteiger charge is -2.16. The molecule has 1 heterocycles. The van der Waals surface area contributed by atoms with E-state index in [1.54, 1.807) is 53.4 Å². The Labute approximate surface area is 174 Å². The summed E-state index contributed by atoms with van der Waals surface area (Å²) < 4.78 is 5.17. The summed E-state index contributed by atoms with van der Waals surface area (Å²) in [4.78, 5) is 38.4. The summed E-state index contributed by atoms with van der Waals surface area (Å²) in [5, 5.41) is 3.40. The molecule has 2 aromatic carbocycles. The minimum absolute atomic E-state index is 0.0994. The fraction of sp³-hybridized carbons (Fsp3) is 0.318. The second-order valence-corrected chi connectivity index (χ2v) is 7.37. The number of esters is 1. The Morgan fingerprint density at radius 1 is 1.14 bits per heavy atom. The fourth-order valence-corrected chi connectivity index (χ4v) is 3.21. The first-order valence-electron chi connectivity index (χ1n) is 9.62. The number of hydrogen-bond acceptors (Lipinski definition) is 4. The predicted molar refractivity (Wildman–Crippen MR) is 112 cm³/mol. The molecule has 3 rings (SSSR count). The molecule has 29 heavy (non-hydrogen) atoms. The van der Waals surface area contributed by atoms with Gasteiger partial charge in [0.1, 0.15) is 0 Å². The number of carbonyl (C=O) groups is 3. The average molecular weight is 415 g/mol. The summed E-state index contributed by atoms with van der Waals surface area (Å²) in [7, 11) is 0.